The topological polar surface area (TPSA) is 35.5 Å². The third-order valence-electron chi connectivity index (χ3n) is 2.42. The van der Waals surface area contributed by atoms with Gasteiger partial charge in [0, 0.05) is 31.2 Å². The number of aliphatic hydroxyl groups excluding tert-OH is 1. The van der Waals surface area contributed by atoms with Crippen LogP contribution in [0.25, 0.3) is 0 Å². The molecular formula is C9H20N2O. The molecule has 2 N–H and O–H groups in total. The fraction of sp³-hybridized carbons (Fsp3) is 1.00. The summed E-state index contributed by atoms with van der Waals surface area (Å²) in [5.74, 6) is 0. The lowest BCUT2D eigenvalue weighted by Crippen LogP contribution is -2.59. The minimum absolute atomic E-state index is 0.176. The van der Waals surface area contributed by atoms with Crippen molar-refractivity contribution in [3.8, 4) is 0 Å². The zero-order valence-corrected chi connectivity index (χ0v) is 8.30. The molecule has 0 aliphatic carbocycles. The van der Waals surface area contributed by atoms with Crippen molar-refractivity contribution in [2.45, 2.75) is 32.4 Å². The predicted molar refractivity (Wildman–Crippen MR) is 50.2 cm³/mol. The van der Waals surface area contributed by atoms with Gasteiger partial charge in [-0.1, -0.05) is 0 Å². The Kier molecular flexibility index (Phi) is 3.09. The van der Waals surface area contributed by atoms with Crippen LogP contribution in [0, 0.1) is 0 Å². The van der Waals surface area contributed by atoms with Gasteiger partial charge >= 0.3 is 0 Å². The Labute approximate surface area is 74.8 Å². The number of aliphatic hydroxyl groups is 1. The van der Waals surface area contributed by atoms with Crippen LogP contribution in [-0.4, -0.2) is 47.8 Å². The second kappa shape index (κ2) is 3.73. The second-order valence-corrected chi connectivity index (χ2v) is 4.40. The number of nitrogens with one attached hydrogen (secondary N) is 1. The van der Waals surface area contributed by atoms with Gasteiger partial charge in [-0.15, -0.1) is 0 Å². The summed E-state index contributed by atoms with van der Waals surface area (Å²) in [6.07, 6.45) is 0. The smallest absolute Gasteiger partial charge is 0.0599 e. The molecule has 0 bridgehead atoms. The molecule has 1 unspecified atom stereocenters. The van der Waals surface area contributed by atoms with Crippen molar-refractivity contribution in [1.29, 1.82) is 0 Å². The Morgan fingerprint density at radius 3 is 2.58 bits per heavy atom. The summed E-state index contributed by atoms with van der Waals surface area (Å²) < 4.78 is 0. The van der Waals surface area contributed by atoms with Crippen LogP contribution < -0.4 is 5.32 Å². The molecule has 0 spiro atoms. The Morgan fingerprint density at radius 1 is 1.50 bits per heavy atom. The molecule has 0 radical (unpaired) electrons. The maximum atomic E-state index is 9.14. The number of piperazine rings is 1. The Balaban J connectivity index is 2.59. The summed E-state index contributed by atoms with van der Waals surface area (Å²) in [6, 6.07) is 0.291. The zero-order chi connectivity index (χ0) is 9.19. The molecule has 1 saturated heterocycles. The highest BCUT2D eigenvalue weighted by molar-refractivity contribution is 4.87. The van der Waals surface area contributed by atoms with Crippen molar-refractivity contribution in [2.75, 3.05) is 26.2 Å². The average Bonchev–Trinajstić information content (AvgIpc) is 2.03. The van der Waals surface area contributed by atoms with Crippen molar-refractivity contribution in [2.24, 2.45) is 0 Å². The Hall–Kier alpha value is -0.120. The van der Waals surface area contributed by atoms with E-state index in [0.29, 0.717) is 6.04 Å². The van der Waals surface area contributed by atoms with Crippen molar-refractivity contribution in [3.05, 3.63) is 0 Å². The lowest BCUT2D eigenvalue weighted by molar-refractivity contribution is 0.0292. The lowest BCUT2D eigenvalue weighted by atomic mass is 10.0. The molecular weight excluding hydrogens is 152 g/mol. The Bertz CT molecular complexity index is 142. The van der Waals surface area contributed by atoms with Crippen LogP contribution in [0.5, 0.6) is 0 Å². The standard InChI is InChI=1S/C9H20N2O/c1-9(2,3)11-5-4-10-6-8(11)7-12/h8,10,12H,4-7H2,1-3H3. The first-order valence-electron chi connectivity index (χ1n) is 4.64. The van der Waals surface area contributed by atoms with E-state index in [2.05, 4.69) is 31.0 Å². The van der Waals surface area contributed by atoms with E-state index in [1.54, 1.807) is 0 Å². The summed E-state index contributed by atoms with van der Waals surface area (Å²) in [4.78, 5) is 2.36. The predicted octanol–water partition coefficient (Wildman–Crippen LogP) is 0.0510. The average molecular weight is 172 g/mol. The fourth-order valence-electron chi connectivity index (χ4n) is 1.81. The quantitative estimate of drug-likeness (QED) is 0.587. The molecule has 1 rings (SSSR count). The van der Waals surface area contributed by atoms with Gasteiger partial charge in [0.2, 0.25) is 0 Å². The van der Waals surface area contributed by atoms with Gasteiger partial charge in [-0.3, -0.25) is 4.90 Å². The summed E-state index contributed by atoms with van der Waals surface area (Å²) >= 11 is 0. The molecule has 0 aromatic rings. The molecule has 1 fully saturated rings. The highest BCUT2D eigenvalue weighted by Gasteiger charge is 2.30. The van der Waals surface area contributed by atoms with Crippen molar-refractivity contribution in [3.63, 3.8) is 0 Å². The molecule has 0 saturated carbocycles. The third kappa shape index (κ3) is 2.19. The largest absolute Gasteiger partial charge is 0.395 e. The second-order valence-electron chi connectivity index (χ2n) is 4.40. The molecule has 72 valence electrons. The minimum atomic E-state index is 0.176. The number of hydrogen-bond acceptors (Lipinski definition) is 3. The lowest BCUT2D eigenvalue weighted by Gasteiger charge is -2.44. The van der Waals surface area contributed by atoms with Gasteiger partial charge in [0.15, 0.2) is 0 Å². The van der Waals surface area contributed by atoms with Crippen LogP contribution in [0.2, 0.25) is 0 Å². The van der Waals surface area contributed by atoms with Crippen LogP contribution in [0.1, 0.15) is 20.8 Å². The van der Waals surface area contributed by atoms with Crippen LogP contribution in [0.4, 0.5) is 0 Å². The molecule has 12 heavy (non-hydrogen) atoms. The molecule has 1 heterocycles. The Morgan fingerprint density at radius 2 is 2.17 bits per heavy atom. The molecule has 1 aliphatic heterocycles. The summed E-state index contributed by atoms with van der Waals surface area (Å²) in [6.45, 7) is 9.82. The minimum Gasteiger partial charge on any atom is -0.395 e. The van der Waals surface area contributed by atoms with Gasteiger partial charge in [0.1, 0.15) is 0 Å². The molecule has 0 aromatic carbocycles. The fourth-order valence-corrected chi connectivity index (χ4v) is 1.81. The summed E-state index contributed by atoms with van der Waals surface area (Å²) in [5, 5.41) is 12.4. The molecule has 0 aromatic heterocycles. The highest BCUT2D eigenvalue weighted by atomic mass is 16.3. The van der Waals surface area contributed by atoms with Gasteiger partial charge < -0.3 is 10.4 Å². The van der Waals surface area contributed by atoms with Crippen molar-refractivity contribution in [1.82, 2.24) is 10.2 Å². The van der Waals surface area contributed by atoms with Gasteiger partial charge in [-0.05, 0) is 20.8 Å². The van der Waals surface area contributed by atoms with E-state index in [0.717, 1.165) is 19.6 Å². The molecule has 1 aliphatic rings. The van der Waals surface area contributed by atoms with E-state index in [1.165, 1.54) is 0 Å². The molecule has 3 heteroatoms. The van der Waals surface area contributed by atoms with Gasteiger partial charge in [0.05, 0.1) is 6.61 Å². The maximum Gasteiger partial charge on any atom is 0.0599 e. The molecule has 1 atom stereocenters. The first-order valence-corrected chi connectivity index (χ1v) is 4.64. The maximum absolute atomic E-state index is 9.14. The van der Waals surface area contributed by atoms with Gasteiger partial charge in [0.25, 0.3) is 0 Å². The van der Waals surface area contributed by atoms with Crippen molar-refractivity contribution >= 4 is 0 Å². The van der Waals surface area contributed by atoms with Crippen LogP contribution in [0.15, 0.2) is 0 Å². The van der Waals surface area contributed by atoms with Gasteiger partial charge in [-0.2, -0.15) is 0 Å². The first-order chi connectivity index (χ1) is 5.55. The monoisotopic (exact) mass is 172 g/mol. The van der Waals surface area contributed by atoms with Crippen LogP contribution in [-0.2, 0) is 0 Å². The molecule has 3 nitrogen and oxygen atoms in total. The highest BCUT2D eigenvalue weighted by Crippen LogP contribution is 2.17. The third-order valence-corrected chi connectivity index (χ3v) is 2.42. The van der Waals surface area contributed by atoms with Crippen LogP contribution in [0.3, 0.4) is 0 Å². The zero-order valence-electron chi connectivity index (χ0n) is 8.30. The first kappa shape index (κ1) is 9.96. The van der Waals surface area contributed by atoms with E-state index in [4.69, 9.17) is 5.11 Å². The summed E-state index contributed by atoms with van der Waals surface area (Å²) in [5.41, 5.74) is 0.176. The van der Waals surface area contributed by atoms with E-state index in [1.807, 2.05) is 0 Å². The van der Waals surface area contributed by atoms with Crippen molar-refractivity contribution < 1.29 is 5.11 Å². The number of nitrogens with zero attached hydrogens (tertiary/aromatic N) is 1. The van der Waals surface area contributed by atoms with E-state index in [9.17, 15) is 0 Å². The molecule has 0 amide bonds. The van der Waals surface area contributed by atoms with Gasteiger partial charge in [-0.25, -0.2) is 0 Å². The van der Waals surface area contributed by atoms with E-state index < -0.39 is 0 Å². The SMILES string of the molecule is CC(C)(C)N1CCNCC1CO. The summed E-state index contributed by atoms with van der Waals surface area (Å²) in [7, 11) is 0. The number of rotatable bonds is 1. The number of hydrogen-bond donors (Lipinski definition) is 2. The van der Waals surface area contributed by atoms with Crippen LogP contribution >= 0.6 is 0 Å². The van der Waals surface area contributed by atoms with E-state index in [-0.39, 0.29) is 12.1 Å². The normalized spacial score (nSPS) is 27.5. The van der Waals surface area contributed by atoms with E-state index >= 15 is 0 Å².